The van der Waals surface area contributed by atoms with Crippen molar-refractivity contribution in [3.05, 3.63) is 11.6 Å². The zero-order valence-corrected chi connectivity index (χ0v) is 12.6. The number of hydrogen-bond donors (Lipinski definition) is 2. The predicted molar refractivity (Wildman–Crippen MR) is 79.3 cm³/mol. The molecule has 0 aliphatic carbocycles. The minimum absolute atomic E-state index is 0.00379. The van der Waals surface area contributed by atoms with Crippen molar-refractivity contribution in [3.8, 4) is 0 Å². The Kier molecular flexibility index (Phi) is 3.77. The Balaban J connectivity index is 1.60. The van der Waals surface area contributed by atoms with Crippen LogP contribution >= 0.6 is 11.8 Å². The first kappa shape index (κ1) is 13.9. The molecule has 0 aromatic carbocycles. The Bertz CT molecular complexity index is 465. The second-order valence-corrected chi connectivity index (χ2v) is 7.30. The van der Waals surface area contributed by atoms with Gasteiger partial charge in [0.2, 0.25) is 11.8 Å². The second kappa shape index (κ2) is 5.41. The Labute approximate surface area is 123 Å². The summed E-state index contributed by atoms with van der Waals surface area (Å²) in [4.78, 5) is 26.0. The number of fused-ring (bicyclic) bond motifs is 1. The molecule has 3 rings (SSSR count). The lowest BCUT2D eigenvalue weighted by atomic mass is 10.1. The van der Waals surface area contributed by atoms with Crippen molar-refractivity contribution in [3.63, 3.8) is 0 Å². The second-order valence-electron chi connectivity index (χ2n) is 5.80. The van der Waals surface area contributed by atoms with E-state index in [0.717, 1.165) is 25.9 Å². The van der Waals surface area contributed by atoms with Crippen LogP contribution in [0, 0.1) is 0 Å². The Hall–Kier alpha value is -1.01. The molecule has 20 heavy (non-hydrogen) atoms. The van der Waals surface area contributed by atoms with Crippen LogP contribution in [0.3, 0.4) is 0 Å². The van der Waals surface area contributed by atoms with E-state index in [-0.39, 0.29) is 22.7 Å². The van der Waals surface area contributed by atoms with Gasteiger partial charge in [-0.3, -0.25) is 9.59 Å². The van der Waals surface area contributed by atoms with Crippen molar-refractivity contribution in [2.75, 3.05) is 25.4 Å². The molecule has 0 spiro atoms. The highest BCUT2D eigenvalue weighted by atomic mass is 32.2. The largest absolute Gasteiger partial charge is 0.351 e. The van der Waals surface area contributed by atoms with Gasteiger partial charge in [0.1, 0.15) is 6.04 Å². The molecule has 2 N–H and O–H groups in total. The standard InChI is InChI=1S/C14H21N3O2S/c1-14-5-2-12(18)17(14)11(9-20-14)13(19)16-8-10-3-6-15-7-4-10/h3,11,15H,2,4-9H2,1H3,(H,16,19). The summed E-state index contributed by atoms with van der Waals surface area (Å²) in [7, 11) is 0. The zero-order valence-electron chi connectivity index (χ0n) is 11.8. The third-order valence-electron chi connectivity index (χ3n) is 4.40. The van der Waals surface area contributed by atoms with Gasteiger partial charge in [-0.2, -0.15) is 0 Å². The molecule has 3 heterocycles. The van der Waals surface area contributed by atoms with Gasteiger partial charge < -0.3 is 15.5 Å². The Morgan fingerprint density at radius 1 is 1.60 bits per heavy atom. The molecule has 2 unspecified atom stereocenters. The molecule has 110 valence electrons. The van der Waals surface area contributed by atoms with Gasteiger partial charge in [0.25, 0.3) is 0 Å². The summed E-state index contributed by atoms with van der Waals surface area (Å²) >= 11 is 1.74. The van der Waals surface area contributed by atoms with Crippen molar-refractivity contribution >= 4 is 23.6 Å². The number of rotatable bonds is 3. The number of nitrogens with one attached hydrogen (secondary N) is 2. The van der Waals surface area contributed by atoms with E-state index in [2.05, 4.69) is 23.6 Å². The van der Waals surface area contributed by atoms with Gasteiger partial charge in [-0.05, 0) is 26.3 Å². The molecule has 0 radical (unpaired) electrons. The van der Waals surface area contributed by atoms with Crippen molar-refractivity contribution in [2.24, 2.45) is 0 Å². The summed E-state index contributed by atoms with van der Waals surface area (Å²) in [5, 5.41) is 6.26. The van der Waals surface area contributed by atoms with Crippen LogP contribution in [0.1, 0.15) is 26.2 Å². The highest BCUT2D eigenvalue weighted by Crippen LogP contribution is 2.47. The molecule has 0 saturated carbocycles. The van der Waals surface area contributed by atoms with Gasteiger partial charge in [0.15, 0.2) is 0 Å². The zero-order chi connectivity index (χ0) is 14.2. The summed E-state index contributed by atoms with van der Waals surface area (Å²) in [6.07, 6.45) is 4.56. The van der Waals surface area contributed by atoms with Gasteiger partial charge in [0, 0.05) is 25.3 Å². The molecular weight excluding hydrogens is 274 g/mol. The lowest BCUT2D eigenvalue weighted by Gasteiger charge is -2.30. The van der Waals surface area contributed by atoms with E-state index in [4.69, 9.17) is 0 Å². The van der Waals surface area contributed by atoms with Crippen molar-refractivity contribution in [1.82, 2.24) is 15.5 Å². The van der Waals surface area contributed by atoms with Crippen LogP contribution in [0.15, 0.2) is 11.6 Å². The van der Waals surface area contributed by atoms with Crippen LogP contribution in [0.4, 0.5) is 0 Å². The molecule has 5 nitrogen and oxygen atoms in total. The maximum absolute atomic E-state index is 12.4. The molecule has 3 aliphatic rings. The molecule has 0 aromatic heterocycles. The summed E-state index contributed by atoms with van der Waals surface area (Å²) in [5.41, 5.74) is 1.28. The monoisotopic (exact) mass is 295 g/mol. The predicted octanol–water partition coefficient (Wildman–Crippen LogP) is 0.476. The summed E-state index contributed by atoms with van der Waals surface area (Å²) in [5.74, 6) is 0.837. The van der Waals surface area contributed by atoms with Gasteiger partial charge >= 0.3 is 0 Å². The maximum atomic E-state index is 12.4. The third-order valence-corrected chi connectivity index (χ3v) is 5.90. The summed E-state index contributed by atoms with van der Waals surface area (Å²) in [6, 6.07) is -0.290. The molecule has 2 saturated heterocycles. The lowest BCUT2D eigenvalue weighted by Crippen LogP contribution is -2.50. The average molecular weight is 295 g/mol. The van der Waals surface area contributed by atoms with Crippen LogP contribution in [0.5, 0.6) is 0 Å². The number of amides is 2. The van der Waals surface area contributed by atoms with E-state index in [9.17, 15) is 9.59 Å². The summed E-state index contributed by atoms with van der Waals surface area (Å²) < 4.78 is 0. The van der Waals surface area contributed by atoms with Crippen molar-refractivity contribution in [1.29, 1.82) is 0 Å². The van der Waals surface area contributed by atoms with E-state index in [1.165, 1.54) is 5.57 Å². The molecule has 3 aliphatic heterocycles. The van der Waals surface area contributed by atoms with E-state index in [0.29, 0.717) is 18.7 Å². The molecule has 2 amide bonds. The Morgan fingerprint density at radius 3 is 3.20 bits per heavy atom. The summed E-state index contributed by atoms with van der Waals surface area (Å²) in [6.45, 7) is 4.54. The SMILES string of the molecule is CC12CCC(=O)N1C(C(=O)NCC1=CCNCC1)CS2. The van der Waals surface area contributed by atoms with E-state index < -0.39 is 0 Å². The first-order chi connectivity index (χ1) is 9.60. The number of thioether (sulfide) groups is 1. The van der Waals surface area contributed by atoms with Gasteiger partial charge in [-0.25, -0.2) is 0 Å². The van der Waals surface area contributed by atoms with Crippen LogP contribution in [0.25, 0.3) is 0 Å². The Morgan fingerprint density at radius 2 is 2.45 bits per heavy atom. The first-order valence-electron chi connectivity index (χ1n) is 7.23. The fraction of sp³-hybridized carbons (Fsp3) is 0.714. The molecule has 2 atom stereocenters. The topological polar surface area (TPSA) is 61.4 Å². The van der Waals surface area contributed by atoms with E-state index in [1.54, 1.807) is 11.8 Å². The highest BCUT2D eigenvalue weighted by molar-refractivity contribution is 8.01. The number of carbonyl (C=O) groups is 2. The number of hydrogen-bond acceptors (Lipinski definition) is 4. The van der Waals surface area contributed by atoms with Crippen LogP contribution in [-0.2, 0) is 9.59 Å². The smallest absolute Gasteiger partial charge is 0.243 e. The molecule has 2 fully saturated rings. The van der Waals surface area contributed by atoms with E-state index in [1.807, 2.05) is 4.90 Å². The highest BCUT2D eigenvalue weighted by Gasteiger charge is 2.52. The minimum Gasteiger partial charge on any atom is -0.351 e. The normalized spacial score (nSPS) is 33.0. The fourth-order valence-electron chi connectivity index (χ4n) is 3.16. The average Bonchev–Trinajstić information content (AvgIpc) is 2.95. The fourth-order valence-corrected chi connectivity index (χ4v) is 4.60. The lowest BCUT2D eigenvalue weighted by molar-refractivity contribution is -0.137. The quantitative estimate of drug-likeness (QED) is 0.743. The van der Waals surface area contributed by atoms with Gasteiger partial charge in [-0.1, -0.05) is 11.6 Å². The first-order valence-corrected chi connectivity index (χ1v) is 8.21. The number of carbonyl (C=O) groups excluding carboxylic acids is 2. The van der Waals surface area contributed by atoms with E-state index >= 15 is 0 Å². The van der Waals surface area contributed by atoms with Gasteiger partial charge in [-0.15, -0.1) is 11.8 Å². The molecule has 6 heteroatoms. The van der Waals surface area contributed by atoms with Crippen LogP contribution < -0.4 is 10.6 Å². The third kappa shape index (κ3) is 2.46. The van der Waals surface area contributed by atoms with Crippen LogP contribution in [-0.4, -0.2) is 53.0 Å². The maximum Gasteiger partial charge on any atom is 0.243 e. The molecular formula is C14H21N3O2S. The van der Waals surface area contributed by atoms with Crippen molar-refractivity contribution in [2.45, 2.75) is 37.1 Å². The van der Waals surface area contributed by atoms with Crippen molar-refractivity contribution < 1.29 is 9.59 Å². The van der Waals surface area contributed by atoms with Crippen LogP contribution in [0.2, 0.25) is 0 Å². The molecule has 0 aromatic rings. The minimum atomic E-state index is -0.290. The number of nitrogens with zero attached hydrogens (tertiary/aromatic N) is 1. The molecule has 0 bridgehead atoms. The van der Waals surface area contributed by atoms with Gasteiger partial charge in [0.05, 0.1) is 4.87 Å².